The van der Waals surface area contributed by atoms with Crippen molar-refractivity contribution in [3.05, 3.63) is 65.7 Å². The van der Waals surface area contributed by atoms with Crippen LogP contribution in [0.5, 0.6) is 5.75 Å². The summed E-state index contributed by atoms with van der Waals surface area (Å²) in [6, 6.07) is 14.9. The number of rotatable bonds is 10. The van der Waals surface area contributed by atoms with Crippen molar-refractivity contribution < 1.29 is 33.3 Å². The number of amides is 1. The molecule has 0 aliphatic carbocycles. The minimum absolute atomic E-state index is 0.0782. The van der Waals surface area contributed by atoms with Gasteiger partial charge in [0.1, 0.15) is 30.1 Å². The van der Waals surface area contributed by atoms with E-state index in [-0.39, 0.29) is 31.0 Å². The van der Waals surface area contributed by atoms with E-state index >= 15 is 0 Å². The highest BCUT2D eigenvalue weighted by atomic mass is 16.7. The zero-order valence-corrected chi connectivity index (χ0v) is 22.8. The molecule has 0 saturated heterocycles. The fourth-order valence-corrected chi connectivity index (χ4v) is 3.68. The van der Waals surface area contributed by atoms with Crippen LogP contribution in [0.1, 0.15) is 59.6 Å². The third-order valence-corrected chi connectivity index (χ3v) is 5.31. The summed E-state index contributed by atoms with van der Waals surface area (Å²) in [6.07, 6.45) is -1.59. The van der Waals surface area contributed by atoms with E-state index in [1.54, 1.807) is 45.0 Å². The molecule has 0 fully saturated rings. The highest BCUT2D eigenvalue weighted by Gasteiger charge is 2.26. The maximum Gasteiger partial charge on any atom is 0.514 e. The molecule has 0 heterocycles. The number of alkyl carbamates (subject to hydrolysis) is 1. The molecule has 0 radical (unpaired) electrons. The van der Waals surface area contributed by atoms with Gasteiger partial charge in [-0.3, -0.25) is 0 Å². The number of benzene rings is 2. The summed E-state index contributed by atoms with van der Waals surface area (Å²) in [7, 11) is 0. The monoisotopic (exact) mass is 513 g/mol. The van der Waals surface area contributed by atoms with Crippen LogP contribution < -0.4 is 10.1 Å². The van der Waals surface area contributed by atoms with Crippen molar-refractivity contribution in [1.82, 2.24) is 5.32 Å². The number of esters is 1. The molecule has 0 spiro atoms. The average molecular weight is 514 g/mol. The van der Waals surface area contributed by atoms with Gasteiger partial charge < -0.3 is 24.3 Å². The summed E-state index contributed by atoms with van der Waals surface area (Å²) in [4.78, 5) is 37.5. The Morgan fingerprint density at radius 1 is 0.838 bits per heavy atom. The first-order valence-electron chi connectivity index (χ1n) is 12.5. The number of ether oxygens (including phenoxy) is 4. The van der Waals surface area contributed by atoms with E-state index < -0.39 is 29.9 Å². The first-order chi connectivity index (χ1) is 17.3. The zero-order chi connectivity index (χ0) is 27.6. The van der Waals surface area contributed by atoms with Crippen LogP contribution in [0.2, 0.25) is 0 Å². The van der Waals surface area contributed by atoms with Crippen LogP contribution in [0.25, 0.3) is 0 Å². The highest BCUT2D eigenvalue weighted by Crippen LogP contribution is 2.19. The third kappa shape index (κ3) is 10.9. The van der Waals surface area contributed by atoms with Gasteiger partial charge in [0.05, 0.1) is 0 Å². The summed E-state index contributed by atoms with van der Waals surface area (Å²) >= 11 is 0. The standard InChI is InChI=1S/C29H39NO7/c1-19(2)25(20(3)4)36-28(33)35-23-15-13-21(14-16-23)17-24(30-27(32)37-29(5,6)7)26(31)34-18-22-11-9-8-10-12-22/h8-16,19-20,24-25H,17-18H2,1-7H3,(H,30,32)/t24-/m0/s1. The van der Waals surface area contributed by atoms with E-state index in [2.05, 4.69) is 5.32 Å². The molecule has 0 aliphatic rings. The Hall–Kier alpha value is -3.55. The second kappa shape index (κ2) is 13.7. The molecule has 1 N–H and O–H groups in total. The smallest absolute Gasteiger partial charge is 0.459 e. The molecule has 2 rings (SSSR count). The molecule has 0 aliphatic heterocycles. The average Bonchev–Trinajstić information content (AvgIpc) is 2.81. The van der Waals surface area contributed by atoms with Gasteiger partial charge in [0.25, 0.3) is 0 Å². The molecule has 2 aromatic rings. The Kier molecular flexibility index (Phi) is 11.0. The van der Waals surface area contributed by atoms with Crippen LogP contribution >= 0.6 is 0 Å². The van der Waals surface area contributed by atoms with Gasteiger partial charge in [0.15, 0.2) is 0 Å². The van der Waals surface area contributed by atoms with Gasteiger partial charge in [-0.05, 0) is 55.9 Å². The van der Waals surface area contributed by atoms with E-state index in [9.17, 15) is 14.4 Å². The number of hydrogen-bond acceptors (Lipinski definition) is 7. The Morgan fingerprint density at radius 2 is 1.43 bits per heavy atom. The molecular weight excluding hydrogens is 474 g/mol. The van der Waals surface area contributed by atoms with Crippen molar-refractivity contribution >= 4 is 18.2 Å². The number of hydrogen-bond donors (Lipinski definition) is 1. The van der Waals surface area contributed by atoms with Gasteiger partial charge in [-0.1, -0.05) is 70.2 Å². The predicted molar refractivity (Wildman–Crippen MR) is 140 cm³/mol. The van der Waals surface area contributed by atoms with Crippen molar-refractivity contribution in [2.24, 2.45) is 11.8 Å². The molecule has 8 heteroatoms. The number of carbonyl (C=O) groups is 3. The molecule has 2 aromatic carbocycles. The van der Waals surface area contributed by atoms with E-state index in [0.717, 1.165) is 11.1 Å². The van der Waals surface area contributed by atoms with Gasteiger partial charge in [0.2, 0.25) is 0 Å². The second-order valence-electron chi connectivity index (χ2n) is 10.6. The van der Waals surface area contributed by atoms with Crippen molar-refractivity contribution in [2.75, 3.05) is 0 Å². The van der Waals surface area contributed by atoms with Gasteiger partial charge in [-0.2, -0.15) is 0 Å². The molecule has 0 saturated carbocycles. The molecule has 0 bridgehead atoms. The molecule has 8 nitrogen and oxygen atoms in total. The summed E-state index contributed by atoms with van der Waals surface area (Å²) in [5.74, 6) is 0.0345. The Balaban J connectivity index is 2.06. The van der Waals surface area contributed by atoms with Gasteiger partial charge in [-0.25, -0.2) is 14.4 Å². The lowest BCUT2D eigenvalue weighted by Crippen LogP contribution is -2.45. The minimum Gasteiger partial charge on any atom is -0.459 e. The lowest BCUT2D eigenvalue weighted by Gasteiger charge is -2.24. The van der Waals surface area contributed by atoms with Crippen molar-refractivity contribution in [2.45, 2.75) is 79.2 Å². The van der Waals surface area contributed by atoms with Gasteiger partial charge in [0, 0.05) is 6.42 Å². The maximum absolute atomic E-state index is 12.9. The fraction of sp³-hybridized carbons (Fsp3) is 0.483. The fourth-order valence-electron chi connectivity index (χ4n) is 3.68. The maximum atomic E-state index is 12.9. The molecule has 1 atom stereocenters. The highest BCUT2D eigenvalue weighted by molar-refractivity contribution is 5.81. The minimum atomic E-state index is -0.979. The molecule has 1 amide bonds. The Labute approximate surface area is 219 Å². The number of carbonyl (C=O) groups excluding carboxylic acids is 3. The van der Waals surface area contributed by atoms with Crippen molar-refractivity contribution in [3.63, 3.8) is 0 Å². The zero-order valence-electron chi connectivity index (χ0n) is 22.8. The third-order valence-electron chi connectivity index (χ3n) is 5.31. The van der Waals surface area contributed by atoms with E-state index in [0.29, 0.717) is 5.75 Å². The second-order valence-corrected chi connectivity index (χ2v) is 10.6. The number of nitrogens with one attached hydrogen (secondary N) is 1. The molecular formula is C29H39NO7. The summed E-state index contributed by atoms with van der Waals surface area (Å²) in [5.41, 5.74) is 0.832. The molecule has 202 valence electrons. The van der Waals surface area contributed by atoms with E-state index in [1.807, 2.05) is 58.0 Å². The molecule has 37 heavy (non-hydrogen) atoms. The van der Waals surface area contributed by atoms with Crippen molar-refractivity contribution in [3.8, 4) is 5.75 Å². The van der Waals surface area contributed by atoms with E-state index in [1.165, 1.54) is 0 Å². The van der Waals surface area contributed by atoms with Crippen LogP contribution in [-0.2, 0) is 32.0 Å². The summed E-state index contributed by atoms with van der Waals surface area (Å²) in [6.45, 7) is 13.2. The quantitative estimate of drug-likeness (QED) is 0.234. The summed E-state index contributed by atoms with van der Waals surface area (Å²) < 4.78 is 21.6. The van der Waals surface area contributed by atoms with Crippen LogP contribution in [0.4, 0.5) is 9.59 Å². The van der Waals surface area contributed by atoms with Crippen LogP contribution in [0.3, 0.4) is 0 Å². The van der Waals surface area contributed by atoms with Gasteiger partial charge >= 0.3 is 18.2 Å². The Bertz CT molecular complexity index is 1000. The first-order valence-corrected chi connectivity index (χ1v) is 12.5. The van der Waals surface area contributed by atoms with Crippen LogP contribution in [0.15, 0.2) is 54.6 Å². The van der Waals surface area contributed by atoms with Crippen LogP contribution in [0, 0.1) is 11.8 Å². The molecule has 0 aromatic heterocycles. The SMILES string of the molecule is CC(C)C(OC(=O)Oc1ccc(C[C@H](NC(=O)OC(C)(C)C)C(=O)OCc2ccccc2)cc1)C(C)C. The topological polar surface area (TPSA) is 100 Å². The lowest BCUT2D eigenvalue weighted by molar-refractivity contribution is -0.147. The largest absolute Gasteiger partial charge is 0.514 e. The van der Waals surface area contributed by atoms with Gasteiger partial charge in [-0.15, -0.1) is 0 Å². The molecule has 0 unspecified atom stereocenters. The Morgan fingerprint density at radius 3 is 1.97 bits per heavy atom. The van der Waals surface area contributed by atoms with Crippen LogP contribution in [-0.4, -0.2) is 36.0 Å². The predicted octanol–water partition coefficient (Wildman–Crippen LogP) is 6.06. The first kappa shape index (κ1) is 29.7. The summed E-state index contributed by atoms with van der Waals surface area (Å²) in [5, 5.41) is 2.61. The van der Waals surface area contributed by atoms with E-state index in [4.69, 9.17) is 18.9 Å². The lowest BCUT2D eigenvalue weighted by atomic mass is 9.96. The normalized spacial score (nSPS) is 12.3. The van der Waals surface area contributed by atoms with Crippen molar-refractivity contribution in [1.29, 1.82) is 0 Å².